The molecule has 0 saturated carbocycles. The van der Waals surface area contributed by atoms with Gasteiger partial charge in [-0.05, 0) is 44.0 Å². The molecule has 0 unspecified atom stereocenters. The molecular weight excluding hydrogens is 374 g/mol. The third kappa shape index (κ3) is 5.15. The normalized spacial score (nSPS) is 21.0. The van der Waals surface area contributed by atoms with Crippen molar-refractivity contribution in [3.8, 4) is 5.75 Å². The summed E-state index contributed by atoms with van der Waals surface area (Å²) >= 11 is 0. The number of ether oxygens (including phenoxy) is 1. The maximum Gasteiger partial charge on any atom is 0.123 e. The van der Waals surface area contributed by atoms with Crippen molar-refractivity contribution in [2.75, 3.05) is 57.4 Å². The molecule has 0 spiro atoms. The van der Waals surface area contributed by atoms with Gasteiger partial charge in [0, 0.05) is 56.6 Å². The maximum atomic E-state index is 9.08. The number of hydrogen-bond acceptors (Lipinski definition) is 5. The first kappa shape index (κ1) is 21.2. The summed E-state index contributed by atoms with van der Waals surface area (Å²) < 4.78 is 5.74. The standard InChI is InChI=1S/C25H35N3O2/c1-21-7-2-4-10-24(21)28-15-13-27(14-16-28)23-9-6-12-26(20-23)19-22-8-3-5-11-25(22)30-18-17-29/h2-5,7-8,10-11,23,29H,6,9,12-20H2,1H3/t23-/m0/s1. The lowest BCUT2D eigenvalue weighted by atomic mass is 10.0. The van der Waals surface area contributed by atoms with Crippen LogP contribution in [0.2, 0.25) is 0 Å². The second-order valence-corrected chi connectivity index (χ2v) is 8.52. The smallest absolute Gasteiger partial charge is 0.123 e. The van der Waals surface area contributed by atoms with Crippen LogP contribution < -0.4 is 9.64 Å². The molecule has 2 aliphatic heterocycles. The van der Waals surface area contributed by atoms with Gasteiger partial charge < -0.3 is 14.7 Å². The fraction of sp³-hybridized carbons (Fsp3) is 0.520. The highest BCUT2D eigenvalue weighted by Crippen LogP contribution is 2.25. The highest BCUT2D eigenvalue weighted by molar-refractivity contribution is 5.53. The Morgan fingerprint density at radius 3 is 2.53 bits per heavy atom. The van der Waals surface area contributed by atoms with Crippen LogP contribution in [-0.4, -0.2) is 73.4 Å². The van der Waals surface area contributed by atoms with E-state index in [-0.39, 0.29) is 6.61 Å². The van der Waals surface area contributed by atoms with Crippen LogP contribution in [0.4, 0.5) is 5.69 Å². The Labute approximate surface area is 180 Å². The molecule has 2 saturated heterocycles. The van der Waals surface area contributed by atoms with Gasteiger partial charge in [-0.2, -0.15) is 0 Å². The average molecular weight is 410 g/mol. The molecule has 0 aliphatic carbocycles. The van der Waals surface area contributed by atoms with E-state index in [0.29, 0.717) is 12.6 Å². The van der Waals surface area contributed by atoms with Gasteiger partial charge >= 0.3 is 0 Å². The zero-order valence-corrected chi connectivity index (χ0v) is 18.2. The van der Waals surface area contributed by atoms with Crippen molar-refractivity contribution < 1.29 is 9.84 Å². The Kier molecular flexibility index (Phi) is 7.26. The summed E-state index contributed by atoms with van der Waals surface area (Å²) in [4.78, 5) is 7.82. The van der Waals surface area contributed by atoms with Crippen LogP contribution in [0.15, 0.2) is 48.5 Å². The topological polar surface area (TPSA) is 39.2 Å². The first-order valence-corrected chi connectivity index (χ1v) is 11.3. The van der Waals surface area contributed by atoms with Gasteiger partial charge in [0.1, 0.15) is 12.4 Å². The summed E-state index contributed by atoms with van der Waals surface area (Å²) in [7, 11) is 0. The molecule has 5 heteroatoms. The summed E-state index contributed by atoms with van der Waals surface area (Å²) in [5.74, 6) is 0.903. The van der Waals surface area contributed by atoms with Crippen molar-refractivity contribution in [1.29, 1.82) is 0 Å². The zero-order valence-electron chi connectivity index (χ0n) is 18.2. The number of para-hydroxylation sites is 2. The summed E-state index contributed by atoms with van der Waals surface area (Å²) in [6.45, 7) is 10.3. The number of aliphatic hydroxyl groups excluding tert-OH is 1. The van der Waals surface area contributed by atoms with Crippen LogP contribution in [0, 0.1) is 6.92 Å². The molecule has 2 aromatic carbocycles. The maximum absolute atomic E-state index is 9.08. The van der Waals surface area contributed by atoms with Crippen molar-refractivity contribution in [2.45, 2.75) is 32.4 Å². The fourth-order valence-electron chi connectivity index (χ4n) is 4.89. The molecule has 4 rings (SSSR count). The molecule has 2 aromatic rings. The van der Waals surface area contributed by atoms with Crippen LogP contribution in [0.1, 0.15) is 24.0 Å². The van der Waals surface area contributed by atoms with Gasteiger partial charge in [-0.25, -0.2) is 0 Å². The minimum absolute atomic E-state index is 0.0502. The first-order valence-electron chi connectivity index (χ1n) is 11.3. The lowest BCUT2D eigenvalue weighted by molar-refractivity contribution is 0.0880. The predicted molar refractivity (Wildman–Crippen MR) is 122 cm³/mol. The van der Waals surface area contributed by atoms with E-state index in [0.717, 1.165) is 51.6 Å². The molecular formula is C25H35N3O2. The van der Waals surface area contributed by atoms with Crippen molar-refractivity contribution in [2.24, 2.45) is 0 Å². The summed E-state index contributed by atoms with van der Waals surface area (Å²) in [6.07, 6.45) is 2.55. The molecule has 30 heavy (non-hydrogen) atoms. The molecule has 2 fully saturated rings. The first-order chi connectivity index (χ1) is 14.7. The van der Waals surface area contributed by atoms with Crippen molar-refractivity contribution in [3.05, 3.63) is 59.7 Å². The fourth-order valence-corrected chi connectivity index (χ4v) is 4.89. The molecule has 0 aromatic heterocycles. The molecule has 1 atom stereocenters. The lowest BCUT2D eigenvalue weighted by Gasteiger charge is -2.44. The molecule has 0 bridgehead atoms. The number of nitrogens with zero attached hydrogens (tertiary/aromatic N) is 3. The van der Waals surface area contributed by atoms with E-state index in [1.807, 2.05) is 12.1 Å². The van der Waals surface area contributed by atoms with Crippen LogP contribution in [-0.2, 0) is 6.54 Å². The number of hydrogen-bond donors (Lipinski definition) is 1. The number of piperidine rings is 1. The van der Waals surface area contributed by atoms with Gasteiger partial charge in [-0.1, -0.05) is 36.4 Å². The van der Waals surface area contributed by atoms with E-state index in [1.165, 1.54) is 29.7 Å². The SMILES string of the molecule is Cc1ccccc1N1CCN([C@H]2CCCN(Cc3ccccc3OCCO)C2)CC1. The highest BCUT2D eigenvalue weighted by atomic mass is 16.5. The zero-order chi connectivity index (χ0) is 20.8. The molecule has 5 nitrogen and oxygen atoms in total. The second kappa shape index (κ2) is 10.3. The molecule has 2 heterocycles. The minimum Gasteiger partial charge on any atom is -0.491 e. The molecule has 162 valence electrons. The Balaban J connectivity index is 1.32. The van der Waals surface area contributed by atoms with E-state index >= 15 is 0 Å². The van der Waals surface area contributed by atoms with Crippen molar-refractivity contribution in [3.63, 3.8) is 0 Å². The van der Waals surface area contributed by atoms with Gasteiger partial charge in [0.15, 0.2) is 0 Å². The number of benzene rings is 2. The van der Waals surface area contributed by atoms with Crippen LogP contribution >= 0.6 is 0 Å². The van der Waals surface area contributed by atoms with Crippen molar-refractivity contribution >= 4 is 5.69 Å². The van der Waals surface area contributed by atoms with Gasteiger partial charge in [-0.15, -0.1) is 0 Å². The quantitative estimate of drug-likeness (QED) is 0.761. The molecule has 0 radical (unpaired) electrons. The second-order valence-electron chi connectivity index (χ2n) is 8.52. The van der Waals surface area contributed by atoms with Gasteiger partial charge in [0.25, 0.3) is 0 Å². The number of likely N-dealkylation sites (tertiary alicyclic amines) is 1. The molecule has 1 N–H and O–H groups in total. The predicted octanol–water partition coefficient (Wildman–Crippen LogP) is 3.15. The third-order valence-corrected chi connectivity index (χ3v) is 6.48. The highest BCUT2D eigenvalue weighted by Gasteiger charge is 2.28. The van der Waals surface area contributed by atoms with Gasteiger partial charge in [-0.3, -0.25) is 9.80 Å². The van der Waals surface area contributed by atoms with E-state index < -0.39 is 0 Å². The summed E-state index contributed by atoms with van der Waals surface area (Å²) in [5.41, 5.74) is 3.98. The molecule has 0 amide bonds. The average Bonchev–Trinajstić information content (AvgIpc) is 2.79. The monoisotopic (exact) mass is 409 g/mol. The Hall–Kier alpha value is -2.08. The number of aryl methyl sites for hydroxylation is 1. The number of aliphatic hydroxyl groups is 1. The Bertz CT molecular complexity index is 804. The summed E-state index contributed by atoms with van der Waals surface area (Å²) in [6, 6.07) is 17.6. The number of anilines is 1. The van der Waals surface area contributed by atoms with E-state index in [1.54, 1.807) is 0 Å². The molecule has 2 aliphatic rings. The third-order valence-electron chi connectivity index (χ3n) is 6.48. The van der Waals surface area contributed by atoms with Crippen LogP contribution in [0.3, 0.4) is 0 Å². The lowest BCUT2D eigenvalue weighted by Crippen LogP contribution is -2.55. The van der Waals surface area contributed by atoms with Crippen molar-refractivity contribution in [1.82, 2.24) is 9.80 Å². The minimum atomic E-state index is 0.0502. The number of piperazine rings is 1. The van der Waals surface area contributed by atoms with E-state index in [2.05, 4.69) is 58.0 Å². The van der Waals surface area contributed by atoms with E-state index in [9.17, 15) is 0 Å². The van der Waals surface area contributed by atoms with Gasteiger partial charge in [0.05, 0.1) is 6.61 Å². The van der Waals surface area contributed by atoms with Gasteiger partial charge in [0.2, 0.25) is 0 Å². The Morgan fingerprint density at radius 2 is 1.73 bits per heavy atom. The van der Waals surface area contributed by atoms with Crippen LogP contribution in [0.25, 0.3) is 0 Å². The van der Waals surface area contributed by atoms with Crippen LogP contribution in [0.5, 0.6) is 5.75 Å². The summed E-state index contributed by atoms with van der Waals surface area (Å²) in [5, 5.41) is 9.08. The number of rotatable bonds is 7. The largest absolute Gasteiger partial charge is 0.491 e. The Morgan fingerprint density at radius 1 is 0.967 bits per heavy atom. The van der Waals surface area contributed by atoms with E-state index in [4.69, 9.17) is 9.84 Å².